The lowest BCUT2D eigenvalue weighted by atomic mass is 9.96. The lowest BCUT2D eigenvalue weighted by Gasteiger charge is -2.29. The molecule has 262 valence electrons. The predicted molar refractivity (Wildman–Crippen MR) is 243 cm³/mol. The third-order valence-electron chi connectivity index (χ3n) is 11.2. The molecule has 11 rings (SSSR count). The zero-order valence-electron chi connectivity index (χ0n) is 30.6. The Morgan fingerprint density at radius 1 is 0.304 bits per heavy atom. The van der Waals surface area contributed by atoms with Gasteiger partial charge in [0, 0.05) is 42.0 Å². The van der Waals surface area contributed by atoms with Crippen LogP contribution in [0.4, 0.5) is 17.1 Å². The van der Waals surface area contributed by atoms with E-state index in [1.165, 1.54) is 85.9 Å². The van der Waals surface area contributed by atoms with Crippen LogP contribution >= 0.6 is 11.3 Å². The molecule has 0 aliphatic heterocycles. The van der Waals surface area contributed by atoms with E-state index >= 15 is 0 Å². The number of anilines is 3. The van der Waals surface area contributed by atoms with Gasteiger partial charge in [-0.25, -0.2) is 0 Å². The minimum atomic E-state index is 1.12. The van der Waals surface area contributed by atoms with Crippen molar-refractivity contribution in [3.05, 3.63) is 212 Å². The van der Waals surface area contributed by atoms with Gasteiger partial charge in [0.25, 0.3) is 0 Å². The summed E-state index contributed by atoms with van der Waals surface area (Å²) in [6.45, 7) is 0. The number of thiophene rings is 1. The lowest BCUT2D eigenvalue weighted by molar-refractivity contribution is 1.32. The predicted octanol–water partition coefficient (Wildman–Crippen LogP) is 16.0. The molecule has 0 N–H and O–H groups in total. The van der Waals surface area contributed by atoms with Gasteiger partial charge in [-0.1, -0.05) is 176 Å². The molecule has 1 aromatic heterocycles. The van der Waals surface area contributed by atoms with E-state index in [-0.39, 0.29) is 0 Å². The Bertz CT molecular complexity index is 3240. The molecular weight excluding hydrogens is 695 g/mol. The summed E-state index contributed by atoms with van der Waals surface area (Å²) >= 11 is 1.89. The Hall–Kier alpha value is -7.00. The van der Waals surface area contributed by atoms with Gasteiger partial charge < -0.3 is 4.90 Å². The molecule has 0 amide bonds. The number of fused-ring (bicyclic) bond motifs is 7. The van der Waals surface area contributed by atoms with E-state index in [2.05, 4.69) is 217 Å². The Morgan fingerprint density at radius 2 is 0.875 bits per heavy atom. The summed E-state index contributed by atoms with van der Waals surface area (Å²) in [5.74, 6) is 0. The Balaban J connectivity index is 1.14. The molecule has 0 aliphatic rings. The standard InChI is InChI=1S/C54H35NS/c1-2-13-36(14-3-1)37-27-29-38(30-28-37)41-19-10-20-43(33-41)55(51-26-12-18-40-16-5-7-22-46(40)51)52-35-50-49-34-42(45-25-11-17-39-15-4-6-21-44(39)45)31-32-53(49)56-54(50)48-24-9-8-23-47(48)52/h1-35H. The normalized spacial score (nSPS) is 11.6. The van der Waals surface area contributed by atoms with Crippen LogP contribution in [0.1, 0.15) is 0 Å². The molecule has 0 aliphatic carbocycles. The van der Waals surface area contributed by atoms with E-state index in [0.717, 1.165) is 17.1 Å². The highest BCUT2D eigenvalue weighted by atomic mass is 32.1. The van der Waals surface area contributed by atoms with E-state index in [1.54, 1.807) is 0 Å². The molecule has 0 spiro atoms. The van der Waals surface area contributed by atoms with Crippen molar-refractivity contribution in [3.63, 3.8) is 0 Å². The molecule has 0 bridgehead atoms. The fourth-order valence-electron chi connectivity index (χ4n) is 8.53. The van der Waals surface area contributed by atoms with E-state index in [0.29, 0.717) is 0 Å². The number of hydrogen-bond acceptors (Lipinski definition) is 2. The van der Waals surface area contributed by atoms with Gasteiger partial charge in [0.1, 0.15) is 0 Å². The zero-order chi connectivity index (χ0) is 37.0. The van der Waals surface area contributed by atoms with Crippen molar-refractivity contribution in [2.45, 2.75) is 0 Å². The van der Waals surface area contributed by atoms with Crippen LogP contribution in [0.25, 0.3) is 85.9 Å². The first kappa shape index (κ1) is 32.4. The summed E-state index contributed by atoms with van der Waals surface area (Å²) in [5.41, 5.74) is 10.7. The third-order valence-corrected chi connectivity index (χ3v) is 12.5. The van der Waals surface area contributed by atoms with Crippen molar-refractivity contribution in [3.8, 4) is 33.4 Å². The third kappa shape index (κ3) is 5.46. The molecule has 0 radical (unpaired) electrons. The van der Waals surface area contributed by atoms with Gasteiger partial charge in [-0.05, 0) is 85.9 Å². The molecule has 0 unspecified atom stereocenters. The summed E-state index contributed by atoms with van der Waals surface area (Å²) in [5, 5.41) is 10.0. The highest BCUT2D eigenvalue weighted by Crippen LogP contribution is 2.48. The summed E-state index contributed by atoms with van der Waals surface area (Å²) in [7, 11) is 0. The maximum absolute atomic E-state index is 2.49. The van der Waals surface area contributed by atoms with Crippen molar-refractivity contribution in [2.75, 3.05) is 4.90 Å². The first-order chi connectivity index (χ1) is 27.8. The summed E-state index contributed by atoms with van der Waals surface area (Å²) in [4.78, 5) is 2.49. The van der Waals surface area contributed by atoms with Gasteiger partial charge in [0.05, 0.1) is 11.4 Å². The second-order valence-electron chi connectivity index (χ2n) is 14.5. The second kappa shape index (κ2) is 13.4. The maximum Gasteiger partial charge on any atom is 0.0547 e. The highest BCUT2D eigenvalue weighted by molar-refractivity contribution is 7.26. The topological polar surface area (TPSA) is 3.24 Å². The fraction of sp³-hybridized carbons (Fsp3) is 0. The number of hydrogen-bond donors (Lipinski definition) is 0. The Morgan fingerprint density at radius 3 is 1.68 bits per heavy atom. The quantitative estimate of drug-likeness (QED) is 0.165. The molecular formula is C54H35NS. The first-order valence-corrected chi connectivity index (χ1v) is 20.0. The molecule has 1 heterocycles. The van der Waals surface area contributed by atoms with Crippen LogP contribution in [-0.4, -0.2) is 0 Å². The van der Waals surface area contributed by atoms with Gasteiger partial charge in [-0.2, -0.15) is 0 Å². The second-order valence-corrected chi connectivity index (χ2v) is 15.5. The SMILES string of the molecule is c1ccc(-c2ccc(-c3cccc(N(c4cccc5ccccc45)c4cc5c6cc(-c7cccc8ccccc78)ccc6sc5c5ccccc45)c3)cc2)cc1. The number of nitrogens with zero attached hydrogens (tertiary/aromatic N) is 1. The average molecular weight is 730 g/mol. The van der Waals surface area contributed by atoms with Crippen molar-refractivity contribution >= 4 is 80.9 Å². The number of rotatable bonds is 6. The van der Waals surface area contributed by atoms with Gasteiger partial charge in [-0.15, -0.1) is 11.3 Å². The molecule has 10 aromatic carbocycles. The molecule has 2 heteroatoms. The smallest absolute Gasteiger partial charge is 0.0547 e. The lowest BCUT2D eigenvalue weighted by Crippen LogP contribution is -2.11. The Kier molecular flexibility index (Phi) is 7.75. The van der Waals surface area contributed by atoms with Crippen molar-refractivity contribution < 1.29 is 0 Å². The average Bonchev–Trinajstić information content (AvgIpc) is 3.65. The van der Waals surface area contributed by atoms with Gasteiger partial charge in [0.2, 0.25) is 0 Å². The fourth-order valence-corrected chi connectivity index (χ4v) is 9.73. The minimum Gasteiger partial charge on any atom is -0.309 e. The van der Waals surface area contributed by atoms with Crippen LogP contribution in [0.3, 0.4) is 0 Å². The van der Waals surface area contributed by atoms with Gasteiger partial charge >= 0.3 is 0 Å². The van der Waals surface area contributed by atoms with Crippen LogP contribution < -0.4 is 4.90 Å². The van der Waals surface area contributed by atoms with E-state index in [4.69, 9.17) is 0 Å². The largest absolute Gasteiger partial charge is 0.309 e. The summed E-state index contributed by atoms with van der Waals surface area (Å²) in [6, 6.07) is 77.7. The Labute approximate surface area is 330 Å². The molecule has 0 fully saturated rings. The van der Waals surface area contributed by atoms with Gasteiger partial charge in [-0.3, -0.25) is 0 Å². The zero-order valence-corrected chi connectivity index (χ0v) is 31.4. The van der Waals surface area contributed by atoms with Crippen molar-refractivity contribution in [1.29, 1.82) is 0 Å². The van der Waals surface area contributed by atoms with E-state index in [1.807, 2.05) is 11.3 Å². The monoisotopic (exact) mass is 729 g/mol. The first-order valence-electron chi connectivity index (χ1n) is 19.2. The van der Waals surface area contributed by atoms with Crippen LogP contribution in [0, 0.1) is 0 Å². The molecule has 1 nitrogen and oxygen atoms in total. The van der Waals surface area contributed by atoms with Crippen molar-refractivity contribution in [2.24, 2.45) is 0 Å². The van der Waals surface area contributed by atoms with E-state index < -0.39 is 0 Å². The highest BCUT2D eigenvalue weighted by Gasteiger charge is 2.21. The van der Waals surface area contributed by atoms with Gasteiger partial charge in [0.15, 0.2) is 0 Å². The van der Waals surface area contributed by atoms with Crippen LogP contribution in [0.2, 0.25) is 0 Å². The van der Waals surface area contributed by atoms with Crippen LogP contribution in [-0.2, 0) is 0 Å². The molecule has 56 heavy (non-hydrogen) atoms. The van der Waals surface area contributed by atoms with Crippen LogP contribution in [0.5, 0.6) is 0 Å². The summed E-state index contributed by atoms with van der Waals surface area (Å²) < 4.78 is 2.61. The van der Waals surface area contributed by atoms with E-state index in [9.17, 15) is 0 Å². The molecule has 0 saturated heterocycles. The number of benzene rings is 10. The molecule has 0 saturated carbocycles. The minimum absolute atomic E-state index is 1.12. The summed E-state index contributed by atoms with van der Waals surface area (Å²) in [6.07, 6.45) is 0. The van der Waals surface area contributed by atoms with Crippen LogP contribution in [0.15, 0.2) is 212 Å². The molecule has 0 atom stereocenters. The molecule has 11 aromatic rings. The van der Waals surface area contributed by atoms with Crippen molar-refractivity contribution in [1.82, 2.24) is 0 Å². The maximum atomic E-state index is 2.49.